The summed E-state index contributed by atoms with van der Waals surface area (Å²) in [6, 6.07) is 6.94. The van der Waals surface area contributed by atoms with Gasteiger partial charge in [0.1, 0.15) is 0 Å². The average Bonchev–Trinajstić information content (AvgIpc) is 2.67. The molecule has 88 valence electrons. The molecule has 0 atom stereocenters. The number of hydrogen-bond donors (Lipinski definition) is 2. The van der Waals surface area contributed by atoms with Crippen LogP contribution in [0.1, 0.15) is 15.9 Å². The van der Waals surface area contributed by atoms with Crippen LogP contribution in [-0.2, 0) is 7.05 Å². The maximum absolute atomic E-state index is 11.1. The predicted octanol–water partition coefficient (Wildman–Crippen LogP) is 2.17. The molecule has 0 aliphatic heterocycles. The summed E-state index contributed by atoms with van der Waals surface area (Å²) in [5.41, 5.74) is 1.70. The molecule has 0 amide bonds. The van der Waals surface area contributed by atoms with E-state index in [1.165, 1.54) is 0 Å². The van der Waals surface area contributed by atoms with Gasteiger partial charge in [-0.05, 0) is 18.6 Å². The molecule has 0 saturated carbocycles. The van der Waals surface area contributed by atoms with Crippen molar-refractivity contribution in [1.29, 1.82) is 0 Å². The Balaban J connectivity index is 2.40. The normalized spacial score (nSPS) is 10.2. The Morgan fingerprint density at radius 2 is 2.18 bits per heavy atom. The van der Waals surface area contributed by atoms with Crippen molar-refractivity contribution < 1.29 is 9.90 Å². The van der Waals surface area contributed by atoms with Gasteiger partial charge in [0.25, 0.3) is 0 Å². The summed E-state index contributed by atoms with van der Waals surface area (Å²) in [4.78, 5) is 11.1. The highest BCUT2D eigenvalue weighted by Crippen LogP contribution is 2.23. The van der Waals surface area contributed by atoms with Crippen molar-refractivity contribution >= 4 is 17.5 Å². The number of rotatable bonds is 3. The van der Waals surface area contributed by atoms with Crippen LogP contribution in [0.15, 0.2) is 30.5 Å². The number of aryl methyl sites for hydroxylation is 2. The molecule has 1 aromatic heterocycles. The number of aromatic nitrogens is 2. The Hall–Kier alpha value is -2.30. The van der Waals surface area contributed by atoms with Crippen LogP contribution in [-0.4, -0.2) is 20.9 Å². The zero-order valence-electron chi connectivity index (χ0n) is 9.64. The molecule has 5 heteroatoms. The number of benzene rings is 1. The number of nitrogens with one attached hydrogen (secondary N) is 1. The number of carbonyl (C=O) groups is 1. The van der Waals surface area contributed by atoms with E-state index in [1.54, 1.807) is 36.1 Å². The highest BCUT2D eigenvalue weighted by molar-refractivity contribution is 5.95. The van der Waals surface area contributed by atoms with E-state index in [0.29, 0.717) is 11.5 Å². The SMILES string of the molecule is Cc1cccc(C(=O)O)c1Nc1ccn(C)n1. The van der Waals surface area contributed by atoms with Crippen molar-refractivity contribution in [3.8, 4) is 0 Å². The van der Waals surface area contributed by atoms with Crippen LogP contribution in [0.5, 0.6) is 0 Å². The van der Waals surface area contributed by atoms with Gasteiger partial charge >= 0.3 is 5.97 Å². The number of carboxylic acids is 1. The zero-order valence-corrected chi connectivity index (χ0v) is 9.64. The van der Waals surface area contributed by atoms with Gasteiger partial charge in [-0.25, -0.2) is 4.79 Å². The van der Waals surface area contributed by atoms with Crippen LogP contribution in [0.2, 0.25) is 0 Å². The Kier molecular flexibility index (Phi) is 2.82. The highest BCUT2D eigenvalue weighted by atomic mass is 16.4. The average molecular weight is 231 g/mol. The third-order valence-corrected chi connectivity index (χ3v) is 2.47. The lowest BCUT2D eigenvalue weighted by Crippen LogP contribution is -2.05. The number of nitrogens with zero attached hydrogens (tertiary/aromatic N) is 2. The van der Waals surface area contributed by atoms with Crippen LogP contribution >= 0.6 is 0 Å². The van der Waals surface area contributed by atoms with Crippen LogP contribution < -0.4 is 5.32 Å². The molecule has 0 spiro atoms. The second-order valence-electron chi connectivity index (χ2n) is 3.80. The third-order valence-electron chi connectivity index (χ3n) is 2.47. The number of para-hydroxylation sites is 1. The number of anilines is 2. The Bertz CT molecular complexity index is 561. The molecule has 0 aliphatic carbocycles. The number of aromatic carboxylic acids is 1. The maximum Gasteiger partial charge on any atom is 0.337 e. The minimum absolute atomic E-state index is 0.246. The predicted molar refractivity (Wildman–Crippen MR) is 64.6 cm³/mol. The van der Waals surface area contributed by atoms with Crippen LogP contribution in [0.25, 0.3) is 0 Å². The molecule has 0 fully saturated rings. The Morgan fingerprint density at radius 1 is 1.41 bits per heavy atom. The van der Waals surface area contributed by atoms with Gasteiger partial charge < -0.3 is 10.4 Å². The zero-order chi connectivity index (χ0) is 12.4. The first kappa shape index (κ1) is 11.2. The molecule has 0 saturated heterocycles. The molecule has 17 heavy (non-hydrogen) atoms. The third kappa shape index (κ3) is 2.28. The molecule has 2 aromatic rings. The van der Waals surface area contributed by atoms with Crippen molar-refractivity contribution in [1.82, 2.24) is 9.78 Å². The van der Waals surface area contributed by atoms with E-state index in [9.17, 15) is 4.79 Å². The quantitative estimate of drug-likeness (QED) is 0.849. The summed E-state index contributed by atoms with van der Waals surface area (Å²) in [6.45, 7) is 1.86. The summed E-state index contributed by atoms with van der Waals surface area (Å²) < 4.78 is 1.65. The fourth-order valence-corrected chi connectivity index (χ4v) is 1.62. The van der Waals surface area contributed by atoms with Crippen molar-refractivity contribution in [3.05, 3.63) is 41.6 Å². The summed E-state index contributed by atoms with van der Waals surface area (Å²) in [7, 11) is 1.81. The second-order valence-corrected chi connectivity index (χ2v) is 3.80. The first-order chi connectivity index (χ1) is 8.08. The maximum atomic E-state index is 11.1. The minimum atomic E-state index is -0.952. The van der Waals surface area contributed by atoms with Crippen LogP contribution in [0.3, 0.4) is 0 Å². The van der Waals surface area contributed by atoms with Gasteiger partial charge in [0, 0.05) is 19.3 Å². The van der Waals surface area contributed by atoms with E-state index in [4.69, 9.17) is 5.11 Å². The van der Waals surface area contributed by atoms with Gasteiger partial charge in [0.15, 0.2) is 5.82 Å². The lowest BCUT2D eigenvalue weighted by Gasteiger charge is -2.10. The molecule has 2 N–H and O–H groups in total. The lowest BCUT2D eigenvalue weighted by atomic mass is 10.1. The first-order valence-corrected chi connectivity index (χ1v) is 5.17. The van der Waals surface area contributed by atoms with Crippen molar-refractivity contribution in [3.63, 3.8) is 0 Å². The number of hydrogen-bond acceptors (Lipinski definition) is 3. The molecular weight excluding hydrogens is 218 g/mol. The van der Waals surface area contributed by atoms with E-state index in [0.717, 1.165) is 5.56 Å². The summed E-state index contributed by atoms with van der Waals surface area (Å²) in [5.74, 6) is -0.323. The smallest absolute Gasteiger partial charge is 0.337 e. The van der Waals surface area contributed by atoms with Gasteiger partial charge in [-0.3, -0.25) is 4.68 Å². The van der Waals surface area contributed by atoms with Crippen LogP contribution in [0.4, 0.5) is 11.5 Å². The number of carboxylic acid groups (broad SMARTS) is 1. The highest BCUT2D eigenvalue weighted by Gasteiger charge is 2.12. The van der Waals surface area contributed by atoms with E-state index < -0.39 is 5.97 Å². The fraction of sp³-hybridized carbons (Fsp3) is 0.167. The fourth-order valence-electron chi connectivity index (χ4n) is 1.62. The molecule has 0 aliphatic rings. The van der Waals surface area contributed by atoms with Crippen LogP contribution in [0, 0.1) is 6.92 Å². The van der Waals surface area contributed by atoms with E-state index in [1.807, 2.05) is 13.0 Å². The molecule has 0 unspecified atom stereocenters. The largest absolute Gasteiger partial charge is 0.478 e. The van der Waals surface area contributed by atoms with Crippen molar-refractivity contribution in [2.45, 2.75) is 6.92 Å². The molecule has 1 heterocycles. The van der Waals surface area contributed by atoms with Gasteiger partial charge in [-0.1, -0.05) is 12.1 Å². The van der Waals surface area contributed by atoms with Gasteiger partial charge in [-0.2, -0.15) is 5.10 Å². The Labute approximate surface area is 98.7 Å². The standard InChI is InChI=1S/C12H13N3O2/c1-8-4-3-5-9(12(16)17)11(8)13-10-6-7-15(2)14-10/h3-7H,1-2H3,(H,13,14)(H,16,17). The Morgan fingerprint density at radius 3 is 2.76 bits per heavy atom. The molecule has 1 aromatic carbocycles. The van der Waals surface area contributed by atoms with E-state index in [-0.39, 0.29) is 5.56 Å². The topological polar surface area (TPSA) is 67.2 Å². The van der Waals surface area contributed by atoms with E-state index >= 15 is 0 Å². The minimum Gasteiger partial charge on any atom is -0.478 e. The monoisotopic (exact) mass is 231 g/mol. The molecule has 5 nitrogen and oxygen atoms in total. The molecular formula is C12H13N3O2. The summed E-state index contributed by atoms with van der Waals surface area (Å²) in [5, 5.41) is 16.3. The molecule has 0 radical (unpaired) electrons. The van der Waals surface area contributed by atoms with Crippen molar-refractivity contribution in [2.24, 2.45) is 7.05 Å². The van der Waals surface area contributed by atoms with Gasteiger partial charge in [0.2, 0.25) is 0 Å². The van der Waals surface area contributed by atoms with E-state index in [2.05, 4.69) is 10.4 Å². The van der Waals surface area contributed by atoms with Gasteiger partial charge in [-0.15, -0.1) is 0 Å². The summed E-state index contributed by atoms with van der Waals surface area (Å²) >= 11 is 0. The first-order valence-electron chi connectivity index (χ1n) is 5.17. The summed E-state index contributed by atoms with van der Waals surface area (Å²) in [6.07, 6.45) is 1.79. The second kappa shape index (κ2) is 4.29. The molecule has 2 rings (SSSR count). The lowest BCUT2D eigenvalue weighted by molar-refractivity contribution is 0.0698. The van der Waals surface area contributed by atoms with Gasteiger partial charge in [0.05, 0.1) is 11.3 Å². The molecule has 0 bridgehead atoms. The van der Waals surface area contributed by atoms with Crippen molar-refractivity contribution in [2.75, 3.05) is 5.32 Å².